The summed E-state index contributed by atoms with van der Waals surface area (Å²) in [6, 6.07) is 12.1. The maximum Gasteiger partial charge on any atom is 0.491 e. The molecule has 23 heavy (non-hydrogen) atoms. The van der Waals surface area contributed by atoms with Crippen LogP contribution in [0.5, 0.6) is 11.5 Å². The molecule has 1 heterocycles. The molecule has 0 saturated carbocycles. The second kappa shape index (κ2) is 6.83. The molecule has 2 aromatic carbocycles. The van der Waals surface area contributed by atoms with Crippen molar-refractivity contribution in [3.05, 3.63) is 53.6 Å². The number of fused-ring (bicyclic) bond motifs is 1. The highest BCUT2D eigenvalue weighted by molar-refractivity contribution is 6.61. The Morgan fingerprint density at radius 2 is 1.96 bits per heavy atom. The Morgan fingerprint density at radius 1 is 1.22 bits per heavy atom. The topological polar surface area (TPSA) is 88.0 Å². The van der Waals surface area contributed by atoms with E-state index in [9.17, 15) is 9.82 Å². The van der Waals surface area contributed by atoms with Crippen molar-refractivity contribution in [1.82, 2.24) is 5.32 Å². The molecule has 118 valence electrons. The van der Waals surface area contributed by atoms with Gasteiger partial charge in [0.25, 0.3) is 5.91 Å². The van der Waals surface area contributed by atoms with Crippen LogP contribution in [-0.2, 0) is 11.3 Å². The minimum Gasteiger partial charge on any atom is -0.457 e. The molecule has 6 nitrogen and oxygen atoms in total. The molecular weight excluding hydrogens is 297 g/mol. The van der Waals surface area contributed by atoms with Gasteiger partial charge in [0.1, 0.15) is 11.5 Å². The summed E-state index contributed by atoms with van der Waals surface area (Å²) in [5, 5.41) is 20.9. The Labute approximate surface area is 133 Å². The van der Waals surface area contributed by atoms with E-state index < -0.39 is 7.12 Å². The van der Waals surface area contributed by atoms with Crippen molar-refractivity contribution in [3.63, 3.8) is 0 Å². The van der Waals surface area contributed by atoms with E-state index in [-0.39, 0.29) is 19.1 Å². The Bertz CT molecular complexity index is 704. The van der Waals surface area contributed by atoms with Crippen molar-refractivity contribution in [2.24, 2.45) is 0 Å². The van der Waals surface area contributed by atoms with Gasteiger partial charge in [0.05, 0.1) is 13.2 Å². The maximum atomic E-state index is 11.7. The summed E-state index contributed by atoms with van der Waals surface area (Å²) >= 11 is 0. The van der Waals surface area contributed by atoms with Gasteiger partial charge in [0.15, 0.2) is 0 Å². The Balaban J connectivity index is 1.68. The first-order chi connectivity index (χ1) is 11.2. The lowest BCUT2D eigenvalue weighted by Crippen LogP contribution is -2.27. The second-order valence-corrected chi connectivity index (χ2v) is 5.13. The summed E-state index contributed by atoms with van der Waals surface area (Å²) in [4.78, 5) is 11.7. The number of aliphatic hydroxyl groups is 1. The van der Waals surface area contributed by atoms with Crippen LogP contribution in [-0.4, -0.2) is 36.3 Å². The SMILES string of the molecule is O=C(NCCO)c1ccc(Oc2ccc3c(c2)COB3O)cc1. The smallest absolute Gasteiger partial charge is 0.457 e. The van der Waals surface area contributed by atoms with Crippen LogP contribution in [0.15, 0.2) is 42.5 Å². The predicted octanol–water partition coefficient (Wildman–Crippen LogP) is 0.419. The molecule has 2 aromatic rings. The van der Waals surface area contributed by atoms with Crippen LogP contribution in [0.3, 0.4) is 0 Å². The highest BCUT2D eigenvalue weighted by Gasteiger charge is 2.27. The van der Waals surface area contributed by atoms with Crippen molar-refractivity contribution < 1.29 is 24.3 Å². The van der Waals surface area contributed by atoms with E-state index in [0.717, 1.165) is 11.0 Å². The summed E-state index contributed by atoms with van der Waals surface area (Å²) in [6.07, 6.45) is 0. The zero-order chi connectivity index (χ0) is 16.2. The third-order valence-electron chi connectivity index (χ3n) is 3.53. The van der Waals surface area contributed by atoms with Gasteiger partial charge < -0.3 is 24.8 Å². The third-order valence-corrected chi connectivity index (χ3v) is 3.53. The Morgan fingerprint density at radius 3 is 2.70 bits per heavy atom. The molecule has 0 unspecified atom stereocenters. The van der Waals surface area contributed by atoms with E-state index in [1.807, 2.05) is 6.07 Å². The molecule has 0 bridgehead atoms. The minimum absolute atomic E-state index is 0.0936. The number of nitrogens with one attached hydrogen (secondary N) is 1. The second-order valence-electron chi connectivity index (χ2n) is 5.13. The number of benzene rings is 2. The monoisotopic (exact) mass is 313 g/mol. The fraction of sp³-hybridized carbons (Fsp3) is 0.188. The zero-order valence-corrected chi connectivity index (χ0v) is 12.4. The van der Waals surface area contributed by atoms with Gasteiger partial charge in [-0.3, -0.25) is 4.79 Å². The number of hydrogen-bond acceptors (Lipinski definition) is 5. The van der Waals surface area contributed by atoms with Gasteiger partial charge in [-0.05, 0) is 47.4 Å². The fourth-order valence-corrected chi connectivity index (χ4v) is 2.35. The van der Waals surface area contributed by atoms with Crippen molar-refractivity contribution in [2.75, 3.05) is 13.2 Å². The molecule has 0 saturated heterocycles. The first-order valence-electron chi connectivity index (χ1n) is 7.27. The summed E-state index contributed by atoms with van der Waals surface area (Å²) < 4.78 is 10.9. The van der Waals surface area contributed by atoms with Crippen LogP contribution in [0.2, 0.25) is 0 Å². The lowest BCUT2D eigenvalue weighted by molar-refractivity contribution is 0.0944. The van der Waals surface area contributed by atoms with Gasteiger partial charge >= 0.3 is 7.12 Å². The standard InChI is InChI=1S/C16H16BNO5/c19-8-7-18-16(20)11-1-3-13(4-2-11)23-14-5-6-15-12(9-14)10-22-17(15)21/h1-6,9,19,21H,7-8,10H2,(H,18,20). The van der Waals surface area contributed by atoms with Crippen LogP contribution < -0.4 is 15.5 Å². The van der Waals surface area contributed by atoms with Gasteiger partial charge in [-0.1, -0.05) is 6.07 Å². The molecule has 0 atom stereocenters. The lowest BCUT2D eigenvalue weighted by Gasteiger charge is -2.08. The van der Waals surface area contributed by atoms with Crippen LogP contribution in [0.1, 0.15) is 15.9 Å². The molecule has 7 heteroatoms. The van der Waals surface area contributed by atoms with Gasteiger partial charge in [-0.15, -0.1) is 0 Å². The zero-order valence-electron chi connectivity index (χ0n) is 12.4. The van der Waals surface area contributed by atoms with Crippen LogP contribution in [0.4, 0.5) is 0 Å². The number of carbonyl (C=O) groups is 1. The van der Waals surface area contributed by atoms with E-state index in [0.29, 0.717) is 23.7 Å². The minimum atomic E-state index is -0.865. The summed E-state index contributed by atoms with van der Waals surface area (Å²) in [6.45, 7) is 0.488. The number of hydrogen-bond donors (Lipinski definition) is 3. The van der Waals surface area contributed by atoms with Crippen LogP contribution in [0.25, 0.3) is 0 Å². The molecule has 0 fully saturated rings. The van der Waals surface area contributed by atoms with Crippen molar-refractivity contribution in [3.8, 4) is 11.5 Å². The molecule has 1 amide bonds. The lowest BCUT2D eigenvalue weighted by atomic mass is 9.80. The molecule has 0 aromatic heterocycles. The first-order valence-corrected chi connectivity index (χ1v) is 7.27. The van der Waals surface area contributed by atoms with Gasteiger partial charge in [0.2, 0.25) is 0 Å². The average molecular weight is 313 g/mol. The molecule has 0 aliphatic carbocycles. The van der Waals surface area contributed by atoms with E-state index in [1.165, 1.54) is 0 Å². The number of ether oxygens (including phenoxy) is 1. The van der Waals surface area contributed by atoms with Gasteiger partial charge in [-0.25, -0.2) is 0 Å². The quantitative estimate of drug-likeness (QED) is 0.696. The highest BCUT2D eigenvalue weighted by Crippen LogP contribution is 2.24. The largest absolute Gasteiger partial charge is 0.491 e. The number of carbonyl (C=O) groups excluding carboxylic acids is 1. The van der Waals surface area contributed by atoms with Crippen molar-refractivity contribution in [2.45, 2.75) is 6.61 Å². The average Bonchev–Trinajstić information content (AvgIpc) is 2.94. The molecule has 3 rings (SSSR count). The molecule has 0 spiro atoms. The molecule has 1 aliphatic heterocycles. The number of rotatable bonds is 5. The van der Waals surface area contributed by atoms with Crippen molar-refractivity contribution in [1.29, 1.82) is 0 Å². The van der Waals surface area contributed by atoms with Crippen molar-refractivity contribution >= 4 is 18.5 Å². The van der Waals surface area contributed by atoms with E-state index in [2.05, 4.69) is 5.32 Å². The van der Waals surface area contributed by atoms with Crippen LogP contribution >= 0.6 is 0 Å². The normalized spacial score (nSPS) is 12.9. The van der Waals surface area contributed by atoms with E-state index in [1.54, 1.807) is 36.4 Å². The third kappa shape index (κ3) is 3.53. The Hall–Kier alpha value is -2.35. The number of amides is 1. The summed E-state index contributed by atoms with van der Waals surface area (Å²) in [5.41, 5.74) is 2.15. The molecular formula is C16H16BNO5. The predicted molar refractivity (Wildman–Crippen MR) is 84.8 cm³/mol. The summed E-state index contributed by atoms with van der Waals surface area (Å²) in [5.74, 6) is 0.997. The number of aliphatic hydroxyl groups excluding tert-OH is 1. The maximum absolute atomic E-state index is 11.7. The first kappa shape index (κ1) is 15.5. The van der Waals surface area contributed by atoms with Crippen LogP contribution in [0, 0.1) is 0 Å². The fourth-order valence-electron chi connectivity index (χ4n) is 2.35. The molecule has 1 aliphatic rings. The molecule has 0 radical (unpaired) electrons. The highest BCUT2D eigenvalue weighted by atomic mass is 16.5. The van der Waals surface area contributed by atoms with Gasteiger partial charge in [-0.2, -0.15) is 0 Å². The summed E-state index contributed by atoms with van der Waals surface area (Å²) in [7, 11) is -0.865. The van der Waals surface area contributed by atoms with Gasteiger partial charge in [0, 0.05) is 12.1 Å². The van der Waals surface area contributed by atoms with E-state index in [4.69, 9.17) is 14.5 Å². The molecule has 3 N–H and O–H groups in total. The van der Waals surface area contributed by atoms with E-state index >= 15 is 0 Å². The Kier molecular flexibility index (Phi) is 4.61.